The first-order valence-corrected chi connectivity index (χ1v) is 26.8. The summed E-state index contributed by atoms with van der Waals surface area (Å²) in [4.78, 5) is 38.0. The Labute approximate surface area is 390 Å². The number of rotatable bonds is 48. The lowest BCUT2D eigenvalue weighted by Gasteiger charge is -2.18. The molecule has 0 rings (SSSR count). The molecule has 0 saturated heterocycles. The molecule has 0 heterocycles. The van der Waals surface area contributed by atoms with Gasteiger partial charge in [-0.05, 0) is 83.5 Å². The van der Waals surface area contributed by atoms with Crippen LogP contribution < -0.4 is 0 Å². The first-order chi connectivity index (χ1) is 31.0. The number of hydrogen-bond acceptors (Lipinski definition) is 6. The molecule has 6 nitrogen and oxygen atoms in total. The van der Waals surface area contributed by atoms with Gasteiger partial charge in [-0.1, -0.05) is 223 Å². The largest absolute Gasteiger partial charge is 0.462 e. The summed E-state index contributed by atoms with van der Waals surface area (Å²) >= 11 is 0. The predicted octanol–water partition coefficient (Wildman–Crippen LogP) is 17.6. The first kappa shape index (κ1) is 60.1. The minimum absolute atomic E-state index is 0.0904. The summed E-state index contributed by atoms with van der Waals surface area (Å²) in [7, 11) is 0. The van der Waals surface area contributed by atoms with Crippen molar-refractivity contribution in [1.29, 1.82) is 0 Å². The molecule has 1 unspecified atom stereocenters. The summed E-state index contributed by atoms with van der Waals surface area (Å²) in [6.45, 7) is 6.49. The van der Waals surface area contributed by atoms with Crippen molar-refractivity contribution in [2.24, 2.45) is 0 Å². The summed E-state index contributed by atoms with van der Waals surface area (Å²) in [5, 5.41) is 0. The van der Waals surface area contributed by atoms with E-state index in [1.165, 1.54) is 122 Å². The van der Waals surface area contributed by atoms with Crippen LogP contribution in [0.25, 0.3) is 0 Å². The number of ether oxygens (including phenoxy) is 3. The van der Waals surface area contributed by atoms with Crippen molar-refractivity contribution in [3.05, 3.63) is 60.8 Å². The van der Waals surface area contributed by atoms with E-state index in [2.05, 4.69) is 81.5 Å². The lowest BCUT2D eigenvalue weighted by molar-refractivity contribution is -0.167. The third-order valence-corrected chi connectivity index (χ3v) is 11.5. The quantitative estimate of drug-likeness (QED) is 0.0262. The molecule has 0 radical (unpaired) electrons. The summed E-state index contributed by atoms with van der Waals surface area (Å²) in [5.41, 5.74) is 0. The maximum absolute atomic E-state index is 12.8. The molecule has 0 aromatic carbocycles. The van der Waals surface area contributed by atoms with Gasteiger partial charge in [-0.2, -0.15) is 0 Å². The Morgan fingerprint density at radius 1 is 0.333 bits per heavy atom. The molecule has 0 aromatic rings. The molecule has 0 N–H and O–H groups in total. The highest BCUT2D eigenvalue weighted by molar-refractivity contribution is 5.71. The summed E-state index contributed by atoms with van der Waals surface area (Å²) < 4.78 is 16.8. The molecule has 0 aliphatic heterocycles. The Morgan fingerprint density at radius 3 is 1.00 bits per heavy atom. The molecule has 0 saturated carbocycles. The van der Waals surface area contributed by atoms with Crippen LogP contribution in [0.15, 0.2) is 60.8 Å². The average Bonchev–Trinajstić information content (AvgIpc) is 3.28. The van der Waals surface area contributed by atoms with Crippen molar-refractivity contribution in [2.45, 2.75) is 271 Å². The van der Waals surface area contributed by atoms with Crippen LogP contribution in [0.3, 0.4) is 0 Å². The molecular weight excluding hydrogens is 781 g/mol. The number of allylic oxidation sites excluding steroid dienone is 10. The van der Waals surface area contributed by atoms with E-state index in [4.69, 9.17) is 14.2 Å². The first-order valence-electron chi connectivity index (χ1n) is 26.8. The van der Waals surface area contributed by atoms with Crippen LogP contribution in [0.4, 0.5) is 0 Å². The molecule has 364 valence electrons. The normalized spacial score (nSPS) is 12.5. The van der Waals surface area contributed by atoms with E-state index < -0.39 is 6.10 Å². The Morgan fingerprint density at radius 2 is 0.619 bits per heavy atom. The van der Waals surface area contributed by atoms with Gasteiger partial charge in [0.05, 0.1) is 0 Å². The van der Waals surface area contributed by atoms with Crippen LogP contribution in [0.2, 0.25) is 0 Å². The molecule has 63 heavy (non-hydrogen) atoms. The van der Waals surface area contributed by atoms with E-state index in [-0.39, 0.29) is 31.1 Å². The van der Waals surface area contributed by atoms with E-state index >= 15 is 0 Å². The highest BCUT2D eigenvalue weighted by Crippen LogP contribution is 2.15. The molecule has 0 aliphatic rings. The number of carbonyl (C=O) groups is 3. The molecule has 0 amide bonds. The van der Waals surface area contributed by atoms with E-state index in [1.807, 2.05) is 0 Å². The minimum atomic E-state index is -0.790. The molecule has 1 atom stereocenters. The fourth-order valence-corrected chi connectivity index (χ4v) is 7.49. The molecular formula is C57H100O6. The molecule has 0 spiro atoms. The van der Waals surface area contributed by atoms with Gasteiger partial charge in [-0.3, -0.25) is 14.4 Å². The molecule has 6 heteroatoms. The van der Waals surface area contributed by atoms with Gasteiger partial charge in [0.25, 0.3) is 0 Å². The number of carbonyl (C=O) groups excluding carboxylic acids is 3. The Balaban J connectivity index is 4.43. The van der Waals surface area contributed by atoms with Crippen molar-refractivity contribution >= 4 is 17.9 Å². The van der Waals surface area contributed by atoms with Gasteiger partial charge in [0.15, 0.2) is 6.10 Å². The van der Waals surface area contributed by atoms with E-state index in [0.29, 0.717) is 19.3 Å². The van der Waals surface area contributed by atoms with E-state index in [1.54, 1.807) is 0 Å². The Hall–Kier alpha value is -2.89. The summed E-state index contributed by atoms with van der Waals surface area (Å²) in [5.74, 6) is -0.928. The second kappa shape index (κ2) is 51.7. The van der Waals surface area contributed by atoms with Crippen LogP contribution in [-0.4, -0.2) is 37.2 Å². The van der Waals surface area contributed by atoms with Crippen LogP contribution in [0, 0.1) is 0 Å². The zero-order valence-electron chi connectivity index (χ0n) is 41.6. The van der Waals surface area contributed by atoms with Crippen LogP contribution in [0.5, 0.6) is 0 Å². The number of unbranched alkanes of at least 4 members (excludes halogenated alkanes) is 27. The third kappa shape index (κ3) is 50.0. The standard InChI is InChI=1S/C57H100O6/c1-4-7-10-13-16-19-22-25-27-29-32-35-38-41-44-47-50-56(59)62-53-54(52-61-55(58)49-46-43-40-37-34-31-24-21-18-15-12-9-6-3)63-57(60)51-48-45-42-39-36-33-30-28-26-23-20-17-14-11-8-5-2/h7,10,16,19,25,27,31-32,34-35,54H,4-6,8-9,11-15,17-18,20-24,26,28-30,33,36-53H2,1-3H3/b10-7-,19-16-,27-25-,34-31-,35-32-. The second-order valence-corrected chi connectivity index (χ2v) is 17.8. The van der Waals surface area contributed by atoms with Gasteiger partial charge in [0.2, 0.25) is 0 Å². The molecule has 0 aromatic heterocycles. The maximum atomic E-state index is 12.8. The Bertz CT molecular complexity index is 1150. The number of esters is 3. The van der Waals surface area contributed by atoms with Gasteiger partial charge in [-0.15, -0.1) is 0 Å². The van der Waals surface area contributed by atoms with E-state index in [9.17, 15) is 14.4 Å². The zero-order chi connectivity index (χ0) is 45.8. The van der Waals surface area contributed by atoms with Gasteiger partial charge in [0.1, 0.15) is 13.2 Å². The SMILES string of the molecule is CC/C=C\C/C=C\C/C=C\C/C=C\CCCCCC(=O)OCC(COC(=O)CCCCC/C=C\CCCCCCCC)OC(=O)CCCCCCCCCCCCCCCCCC. The van der Waals surface area contributed by atoms with Crippen molar-refractivity contribution in [1.82, 2.24) is 0 Å². The fraction of sp³-hybridized carbons (Fsp3) is 0.772. The van der Waals surface area contributed by atoms with Crippen molar-refractivity contribution < 1.29 is 28.6 Å². The smallest absolute Gasteiger partial charge is 0.306 e. The minimum Gasteiger partial charge on any atom is -0.462 e. The molecule has 0 fully saturated rings. The van der Waals surface area contributed by atoms with Gasteiger partial charge >= 0.3 is 17.9 Å². The van der Waals surface area contributed by atoms with Crippen molar-refractivity contribution in [3.63, 3.8) is 0 Å². The van der Waals surface area contributed by atoms with Crippen LogP contribution in [0.1, 0.15) is 265 Å². The molecule has 0 bridgehead atoms. The number of hydrogen-bond donors (Lipinski definition) is 0. The highest BCUT2D eigenvalue weighted by atomic mass is 16.6. The van der Waals surface area contributed by atoms with Gasteiger partial charge in [-0.25, -0.2) is 0 Å². The Kier molecular flexibility index (Phi) is 49.4. The van der Waals surface area contributed by atoms with Gasteiger partial charge < -0.3 is 14.2 Å². The highest BCUT2D eigenvalue weighted by Gasteiger charge is 2.19. The van der Waals surface area contributed by atoms with Crippen molar-refractivity contribution in [3.8, 4) is 0 Å². The summed E-state index contributed by atoms with van der Waals surface area (Å²) in [6, 6.07) is 0. The monoisotopic (exact) mass is 881 g/mol. The van der Waals surface area contributed by atoms with Crippen LogP contribution in [-0.2, 0) is 28.6 Å². The molecule has 0 aliphatic carbocycles. The fourth-order valence-electron chi connectivity index (χ4n) is 7.49. The predicted molar refractivity (Wildman–Crippen MR) is 270 cm³/mol. The average molecular weight is 881 g/mol. The maximum Gasteiger partial charge on any atom is 0.306 e. The third-order valence-electron chi connectivity index (χ3n) is 11.5. The second-order valence-electron chi connectivity index (χ2n) is 17.8. The van der Waals surface area contributed by atoms with Gasteiger partial charge in [0, 0.05) is 19.3 Å². The summed E-state index contributed by atoms with van der Waals surface area (Å²) in [6.07, 6.45) is 63.5. The lowest BCUT2D eigenvalue weighted by atomic mass is 10.0. The van der Waals surface area contributed by atoms with E-state index in [0.717, 1.165) is 103 Å². The van der Waals surface area contributed by atoms with Crippen LogP contribution >= 0.6 is 0 Å². The van der Waals surface area contributed by atoms with Crippen molar-refractivity contribution in [2.75, 3.05) is 13.2 Å². The zero-order valence-corrected chi connectivity index (χ0v) is 41.6. The lowest BCUT2D eigenvalue weighted by Crippen LogP contribution is -2.30. The topological polar surface area (TPSA) is 78.9 Å².